The molecule has 1 aliphatic rings. The zero-order valence-electron chi connectivity index (χ0n) is 18.8. The van der Waals surface area contributed by atoms with Gasteiger partial charge in [-0.3, -0.25) is 4.98 Å². The number of para-hydroxylation sites is 1. The second-order valence-electron chi connectivity index (χ2n) is 8.37. The molecule has 33 heavy (non-hydrogen) atoms. The van der Waals surface area contributed by atoms with Gasteiger partial charge in [-0.2, -0.15) is 0 Å². The molecule has 5 rings (SSSR count). The van der Waals surface area contributed by atoms with Crippen LogP contribution < -0.4 is 15.0 Å². The lowest BCUT2D eigenvalue weighted by Crippen LogP contribution is -2.54. The van der Waals surface area contributed by atoms with Gasteiger partial charge in [0.15, 0.2) is 0 Å². The fraction of sp³-hybridized carbons (Fsp3) is 0.222. The Morgan fingerprint density at radius 3 is 2.24 bits per heavy atom. The molecular formula is C27H28ClN3OS. The standard InChI is InChI=1S/C27H27N3OS.ClH/c1-19-17-30(18-20(2)29-19)27-14-15-28-26-13-12-24(16-25(26)27)32-23-10-8-22(9-11-23)31-21-6-4-3-5-7-21;/h3-16,19-20,29H,17-18H2,1-2H3;1H/t19-,20+;. The molecule has 0 bridgehead atoms. The minimum absolute atomic E-state index is 0. The molecule has 1 N–H and O–H groups in total. The van der Waals surface area contributed by atoms with E-state index in [-0.39, 0.29) is 12.4 Å². The van der Waals surface area contributed by atoms with Gasteiger partial charge in [0.05, 0.1) is 5.52 Å². The molecule has 1 aliphatic heterocycles. The highest BCUT2D eigenvalue weighted by Crippen LogP contribution is 2.35. The number of benzene rings is 3. The van der Waals surface area contributed by atoms with Crippen LogP contribution >= 0.6 is 24.2 Å². The van der Waals surface area contributed by atoms with Crippen LogP contribution in [0.3, 0.4) is 0 Å². The van der Waals surface area contributed by atoms with Gasteiger partial charge < -0.3 is 15.0 Å². The topological polar surface area (TPSA) is 37.4 Å². The Bertz CT molecular complexity index is 1190. The molecule has 1 aromatic heterocycles. The Labute approximate surface area is 205 Å². The average molecular weight is 478 g/mol. The van der Waals surface area contributed by atoms with Gasteiger partial charge in [-0.15, -0.1) is 12.4 Å². The lowest BCUT2D eigenvalue weighted by atomic mass is 10.1. The van der Waals surface area contributed by atoms with Gasteiger partial charge in [0.2, 0.25) is 0 Å². The number of nitrogens with one attached hydrogen (secondary N) is 1. The van der Waals surface area contributed by atoms with Crippen LogP contribution in [0, 0.1) is 0 Å². The fourth-order valence-corrected chi connectivity index (χ4v) is 5.17. The van der Waals surface area contributed by atoms with Gasteiger partial charge in [-0.1, -0.05) is 30.0 Å². The predicted molar refractivity (Wildman–Crippen MR) is 140 cm³/mol. The highest BCUT2D eigenvalue weighted by atomic mass is 35.5. The summed E-state index contributed by atoms with van der Waals surface area (Å²) in [7, 11) is 0. The monoisotopic (exact) mass is 477 g/mol. The number of hydrogen-bond donors (Lipinski definition) is 1. The molecule has 0 radical (unpaired) electrons. The van der Waals surface area contributed by atoms with Crippen LogP contribution in [-0.2, 0) is 0 Å². The zero-order valence-corrected chi connectivity index (χ0v) is 20.4. The molecule has 0 aliphatic carbocycles. The van der Waals surface area contributed by atoms with E-state index >= 15 is 0 Å². The molecule has 0 spiro atoms. The van der Waals surface area contributed by atoms with E-state index in [9.17, 15) is 0 Å². The molecule has 6 heteroatoms. The van der Waals surface area contributed by atoms with Crippen molar-refractivity contribution in [3.05, 3.63) is 85.1 Å². The summed E-state index contributed by atoms with van der Waals surface area (Å²) in [5.41, 5.74) is 2.31. The van der Waals surface area contributed by atoms with Crippen LogP contribution in [0.2, 0.25) is 0 Å². The molecule has 3 aromatic carbocycles. The molecule has 0 saturated carbocycles. The first-order valence-electron chi connectivity index (χ1n) is 11.0. The number of aromatic nitrogens is 1. The van der Waals surface area contributed by atoms with Crippen molar-refractivity contribution in [1.82, 2.24) is 10.3 Å². The summed E-state index contributed by atoms with van der Waals surface area (Å²) in [6.07, 6.45) is 1.92. The number of rotatable bonds is 5. The minimum Gasteiger partial charge on any atom is -0.457 e. The van der Waals surface area contributed by atoms with E-state index in [1.165, 1.54) is 20.9 Å². The summed E-state index contributed by atoms with van der Waals surface area (Å²) in [4.78, 5) is 9.48. The Morgan fingerprint density at radius 1 is 0.848 bits per heavy atom. The van der Waals surface area contributed by atoms with E-state index in [0.29, 0.717) is 12.1 Å². The first-order valence-corrected chi connectivity index (χ1v) is 11.9. The molecule has 1 fully saturated rings. The summed E-state index contributed by atoms with van der Waals surface area (Å²) in [6.45, 7) is 6.50. The summed E-state index contributed by atoms with van der Waals surface area (Å²) in [6, 6.07) is 27.8. The van der Waals surface area contributed by atoms with Crippen molar-refractivity contribution in [3.8, 4) is 11.5 Å². The van der Waals surface area contributed by atoms with E-state index in [1.54, 1.807) is 11.8 Å². The van der Waals surface area contributed by atoms with Gasteiger partial charge in [0.25, 0.3) is 0 Å². The largest absolute Gasteiger partial charge is 0.457 e. The van der Waals surface area contributed by atoms with Crippen molar-refractivity contribution in [3.63, 3.8) is 0 Å². The van der Waals surface area contributed by atoms with Crippen molar-refractivity contribution in [2.75, 3.05) is 18.0 Å². The predicted octanol–water partition coefficient (Wildman–Crippen LogP) is 6.79. The third kappa shape index (κ3) is 5.61. The first-order chi connectivity index (χ1) is 15.6. The Balaban J connectivity index is 0.00000259. The number of nitrogens with zero attached hydrogens (tertiary/aromatic N) is 2. The maximum absolute atomic E-state index is 5.91. The SMILES string of the molecule is C[C@@H]1CN(c2ccnc3ccc(Sc4ccc(Oc5ccccc5)cc4)cc23)C[C@H](C)N1.Cl. The molecule has 2 atom stereocenters. The third-order valence-corrected chi connectivity index (χ3v) is 6.62. The van der Waals surface area contributed by atoms with Crippen molar-refractivity contribution < 1.29 is 4.74 Å². The quantitative estimate of drug-likeness (QED) is 0.342. The zero-order chi connectivity index (χ0) is 21.9. The maximum Gasteiger partial charge on any atom is 0.127 e. The number of anilines is 1. The van der Waals surface area contributed by atoms with Crippen molar-refractivity contribution in [1.29, 1.82) is 0 Å². The maximum atomic E-state index is 5.91. The molecular weight excluding hydrogens is 450 g/mol. The van der Waals surface area contributed by atoms with Crippen LogP contribution in [0.1, 0.15) is 13.8 Å². The smallest absolute Gasteiger partial charge is 0.127 e. The van der Waals surface area contributed by atoms with Crippen molar-refractivity contribution in [2.24, 2.45) is 0 Å². The lowest BCUT2D eigenvalue weighted by Gasteiger charge is -2.38. The van der Waals surface area contributed by atoms with E-state index < -0.39 is 0 Å². The number of ether oxygens (including phenoxy) is 1. The molecule has 4 nitrogen and oxygen atoms in total. The molecule has 0 amide bonds. The summed E-state index contributed by atoms with van der Waals surface area (Å²) >= 11 is 1.76. The number of fused-ring (bicyclic) bond motifs is 1. The number of halogens is 1. The van der Waals surface area contributed by atoms with Crippen LogP contribution in [0.4, 0.5) is 5.69 Å². The van der Waals surface area contributed by atoms with Crippen LogP contribution in [0.25, 0.3) is 10.9 Å². The highest BCUT2D eigenvalue weighted by molar-refractivity contribution is 7.99. The molecule has 1 saturated heterocycles. The fourth-order valence-electron chi connectivity index (χ4n) is 4.31. The average Bonchev–Trinajstić information content (AvgIpc) is 2.80. The lowest BCUT2D eigenvalue weighted by molar-refractivity contribution is 0.407. The van der Waals surface area contributed by atoms with Crippen molar-refractivity contribution >= 4 is 40.8 Å². The second-order valence-corrected chi connectivity index (χ2v) is 9.52. The molecule has 170 valence electrons. The van der Waals surface area contributed by atoms with Crippen molar-refractivity contribution in [2.45, 2.75) is 35.7 Å². The molecule has 4 aromatic rings. The number of hydrogen-bond acceptors (Lipinski definition) is 5. The Morgan fingerprint density at radius 2 is 1.52 bits per heavy atom. The first kappa shape index (κ1) is 23.4. The van der Waals surface area contributed by atoms with Crippen LogP contribution in [0.5, 0.6) is 11.5 Å². The summed E-state index contributed by atoms with van der Waals surface area (Å²) < 4.78 is 5.91. The Kier molecular flexibility index (Phi) is 7.43. The van der Waals surface area contributed by atoms with Gasteiger partial charge >= 0.3 is 0 Å². The van der Waals surface area contributed by atoms with Gasteiger partial charge in [0.1, 0.15) is 11.5 Å². The highest BCUT2D eigenvalue weighted by Gasteiger charge is 2.22. The van der Waals surface area contributed by atoms with E-state index in [2.05, 4.69) is 65.4 Å². The van der Waals surface area contributed by atoms with E-state index in [1.807, 2.05) is 48.7 Å². The number of pyridine rings is 1. The van der Waals surface area contributed by atoms with Gasteiger partial charge in [-0.05, 0) is 74.5 Å². The number of piperazine rings is 1. The summed E-state index contributed by atoms with van der Waals surface area (Å²) in [5.74, 6) is 1.69. The molecule has 0 unspecified atom stereocenters. The van der Waals surface area contributed by atoms with Crippen LogP contribution in [0.15, 0.2) is 94.9 Å². The van der Waals surface area contributed by atoms with E-state index in [4.69, 9.17) is 4.74 Å². The second kappa shape index (κ2) is 10.5. The Hall–Kier alpha value is -2.73. The normalized spacial score (nSPS) is 18.1. The van der Waals surface area contributed by atoms with Crippen LogP contribution in [-0.4, -0.2) is 30.2 Å². The molecule has 2 heterocycles. The third-order valence-electron chi connectivity index (χ3n) is 5.63. The van der Waals surface area contributed by atoms with Gasteiger partial charge in [0, 0.05) is 52.2 Å². The van der Waals surface area contributed by atoms with Gasteiger partial charge in [-0.25, -0.2) is 0 Å². The van der Waals surface area contributed by atoms with E-state index in [0.717, 1.165) is 30.1 Å². The minimum atomic E-state index is 0. The summed E-state index contributed by atoms with van der Waals surface area (Å²) in [5, 5.41) is 4.83.